The number of imidazole rings is 1. The lowest BCUT2D eigenvalue weighted by Gasteiger charge is -2.31. The largest absolute Gasteiger partial charge is 0.337 e. The third kappa shape index (κ3) is 2.38. The van der Waals surface area contributed by atoms with Crippen LogP contribution in [0.5, 0.6) is 0 Å². The first-order valence-corrected chi connectivity index (χ1v) is 8.35. The molecule has 0 atom stereocenters. The van der Waals surface area contributed by atoms with Crippen molar-refractivity contribution in [1.82, 2.24) is 20.2 Å². The molecule has 6 heteroatoms. The molecule has 1 aliphatic rings. The Morgan fingerprint density at radius 3 is 2.88 bits per heavy atom. The van der Waals surface area contributed by atoms with Gasteiger partial charge in [-0.25, -0.2) is 4.98 Å². The fraction of sp³-hybridized carbons (Fsp3) is 0.389. The van der Waals surface area contributed by atoms with E-state index in [2.05, 4.69) is 52.3 Å². The first-order chi connectivity index (χ1) is 11.5. The average molecular weight is 323 g/mol. The summed E-state index contributed by atoms with van der Waals surface area (Å²) in [5.41, 5.74) is 5.54. The zero-order chi connectivity index (χ0) is 16.9. The van der Waals surface area contributed by atoms with Crippen molar-refractivity contribution >= 4 is 22.6 Å². The van der Waals surface area contributed by atoms with Gasteiger partial charge in [-0.05, 0) is 30.2 Å². The summed E-state index contributed by atoms with van der Waals surface area (Å²) < 4.78 is 0. The fourth-order valence-electron chi connectivity index (χ4n) is 3.41. The predicted molar refractivity (Wildman–Crippen MR) is 93.9 cm³/mol. The molecule has 0 bridgehead atoms. The van der Waals surface area contributed by atoms with Gasteiger partial charge in [0.1, 0.15) is 5.69 Å². The van der Waals surface area contributed by atoms with Crippen LogP contribution in [0.15, 0.2) is 18.2 Å². The van der Waals surface area contributed by atoms with E-state index >= 15 is 0 Å². The second kappa shape index (κ2) is 5.19. The highest BCUT2D eigenvalue weighted by atomic mass is 16.1. The summed E-state index contributed by atoms with van der Waals surface area (Å²) in [4.78, 5) is 19.9. The quantitative estimate of drug-likeness (QED) is 0.689. The molecular weight excluding hydrogens is 302 g/mol. The third-order valence-electron chi connectivity index (χ3n) is 4.62. The summed E-state index contributed by atoms with van der Waals surface area (Å²) in [5, 5.41) is 10.4. The lowest BCUT2D eigenvalue weighted by Crippen LogP contribution is -2.32. The first-order valence-electron chi connectivity index (χ1n) is 8.35. The van der Waals surface area contributed by atoms with Gasteiger partial charge in [0.05, 0.1) is 11.0 Å². The molecule has 0 radical (unpaired) electrons. The number of aryl methyl sites for hydroxylation is 1. The number of benzene rings is 1. The van der Waals surface area contributed by atoms with Crippen molar-refractivity contribution in [2.24, 2.45) is 0 Å². The van der Waals surface area contributed by atoms with E-state index in [1.54, 1.807) is 0 Å². The molecule has 3 N–H and O–H groups in total. The van der Waals surface area contributed by atoms with E-state index in [1.807, 2.05) is 12.1 Å². The van der Waals surface area contributed by atoms with Crippen molar-refractivity contribution in [3.63, 3.8) is 0 Å². The van der Waals surface area contributed by atoms with Crippen molar-refractivity contribution in [2.75, 3.05) is 5.32 Å². The molecule has 124 valence electrons. The molecule has 24 heavy (non-hydrogen) atoms. The van der Waals surface area contributed by atoms with Crippen LogP contribution < -0.4 is 5.32 Å². The molecule has 0 saturated heterocycles. The molecule has 0 fully saturated rings. The van der Waals surface area contributed by atoms with E-state index in [0.717, 1.165) is 52.3 Å². The van der Waals surface area contributed by atoms with Crippen LogP contribution in [0.3, 0.4) is 0 Å². The van der Waals surface area contributed by atoms with Gasteiger partial charge in [0.15, 0.2) is 5.82 Å². The lowest BCUT2D eigenvalue weighted by molar-refractivity contribution is -0.117. The van der Waals surface area contributed by atoms with Crippen molar-refractivity contribution < 1.29 is 4.79 Å². The molecule has 1 amide bonds. The first kappa shape index (κ1) is 14.9. The number of aromatic amines is 2. The highest BCUT2D eigenvalue weighted by molar-refractivity contribution is 5.98. The summed E-state index contributed by atoms with van der Waals surface area (Å²) in [5.74, 6) is 0.800. The molecule has 0 aliphatic carbocycles. The molecular formula is C18H21N5O. The van der Waals surface area contributed by atoms with Crippen LogP contribution in [0, 0.1) is 0 Å². The number of nitrogens with one attached hydrogen (secondary N) is 3. The van der Waals surface area contributed by atoms with Crippen LogP contribution in [0.4, 0.5) is 5.69 Å². The Morgan fingerprint density at radius 1 is 1.25 bits per heavy atom. The van der Waals surface area contributed by atoms with Crippen LogP contribution >= 0.6 is 0 Å². The molecule has 0 unspecified atom stereocenters. The predicted octanol–water partition coefficient (Wildman–Crippen LogP) is 3.53. The molecule has 6 nitrogen and oxygen atoms in total. The SMILES string of the molecule is CCCc1cc(-c2nc3cc4c(cc3[nH]2)C(C)(C)CC(=O)N4)n[nH]1. The van der Waals surface area contributed by atoms with Gasteiger partial charge in [-0.15, -0.1) is 0 Å². The number of amides is 1. The van der Waals surface area contributed by atoms with E-state index in [1.165, 1.54) is 0 Å². The van der Waals surface area contributed by atoms with E-state index in [4.69, 9.17) is 0 Å². The van der Waals surface area contributed by atoms with Crippen molar-refractivity contribution in [3.8, 4) is 11.5 Å². The van der Waals surface area contributed by atoms with Gasteiger partial charge in [0, 0.05) is 23.2 Å². The maximum atomic E-state index is 11.9. The molecule has 0 saturated carbocycles. The summed E-state index contributed by atoms with van der Waals surface area (Å²) in [6.45, 7) is 6.33. The Bertz CT molecular complexity index is 934. The van der Waals surface area contributed by atoms with Crippen molar-refractivity contribution in [1.29, 1.82) is 0 Å². The standard InChI is InChI=1S/C18H21N5O/c1-4-5-10-6-15(23-22-10)17-20-13-7-11-12(8-14(13)21-17)19-16(24)9-18(11,2)3/h6-8H,4-5,9H2,1-3H3,(H,19,24)(H,20,21)(H,22,23). The zero-order valence-electron chi connectivity index (χ0n) is 14.2. The van der Waals surface area contributed by atoms with Gasteiger partial charge in [-0.2, -0.15) is 5.10 Å². The van der Waals surface area contributed by atoms with Crippen LogP contribution in [0.1, 0.15) is 44.9 Å². The second-order valence-corrected chi connectivity index (χ2v) is 7.14. The normalized spacial score (nSPS) is 16.2. The maximum Gasteiger partial charge on any atom is 0.225 e. The van der Waals surface area contributed by atoms with Crippen LogP contribution in [0.25, 0.3) is 22.6 Å². The van der Waals surface area contributed by atoms with Crippen LogP contribution in [0.2, 0.25) is 0 Å². The number of nitrogens with zero attached hydrogens (tertiary/aromatic N) is 2. The number of aromatic nitrogens is 4. The Labute approximate surface area is 140 Å². The maximum absolute atomic E-state index is 11.9. The lowest BCUT2D eigenvalue weighted by atomic mass is 9.78. The van der Waals surface area contributed by atoms with Crippen LogP contribution in [-0.4, -0.2) is 26.1 Å². The number of carbonyl (C=O) groups is 1. The Morgan fingerprint density at radius 2 is 2.08 bits per heavy atom. The Balaban J connectivity index is 1.80. The van der Waals surface area contributed by atoms with Gasteiger partial charge in [0.2, 0.25) is 5.91 Å². The molecule has 2 aromatic heterocycles. The van der Waals surface area contributed by atoms with Gasteiger partial charge in [0.25, 0.3) is 0 Å². The van der Waals surface area contributed by atoms with Gasteiger partial charge in [-0.1, -0.05) is 27.2 Å². The molecule has 1 aliphatic heterocycles. The zero-order valence-corrected chi connectivity index (χ0v) is 14.2. The summed E-state index contributed by atoms with van der Waals surface area (Å²) in [7, 11) is 0. The molecule has 1 aromatic carbocycles. The molecule has 3 heterocycles. The molecule has 4 rings (SSSR count). The Kier molecular flexibility index (Phi) is 3.23. The minimum absolute atomic E-state index is 0.0547. The number of rotatable bonds is 3. The van der Waals surface area contributed by atoms with Crippen molar-refractivity contribution in [2.45, 2.75) is 45.4 Å². The smallest absolute Gasteiger partial charge is 0.225 e. The molecule has 0 spiro atoms. The third-order valence-corrected chi connectivity index (χ3v) is 4.62. The minimum atomic E-state index is -0.183. The number of hydrogen-bond donors (Lipinski definition) is 3. The van der Waals surface area contributed by atoms with Gasteiger partial charge >= 0.3 is 0 Å². The monoisotopic (exact) mass is 323 g/mol. The fourth-order valence-corrected chi connectivity index (χ4v) is 3.41. The highest BCUT2D eigenvalue weighted by Gasteiger charge is 2.32. The van der Waals surface area contributed by atoms with E-state index in [0.29, 0.717) is 6.42 Å². The van der Waals surface area contributed by atoms with Crippen molar-refractivity contribution in [3.05, 3.63) is 29.5 Å². The number of fused-ring (bicyclic) bond motifs is 2. The summed E-state index contributed by atoms with van der Waals surface area (Å²) in [6, 6.07) is 6.08. The van der Waals surface area contributed by atoms with E-state index in [9.17, 15) is 4.79 Å². The molecule has 3 aromatic rings. The van der Waals surface area contributed by atoms with Gasteiger partial charge in [-0.3, -0.25) is 9.89 Å². The van der Waals surface area contributed by atoms with Crippen LogP contribution in [-0.2, 0) is 16.6 Å². The minimum Gasteiger partial charge on any atom is -0.337 e. The van der Waals surface area contributed by atoms with E-state index < -0.39 is 0 Å². The van der Waals surface area contributed by atoms with E-state index in [-0.39, 0.29) is 11.3 Å². The number of hydrogen-bond acceptors (Lipinski definition) is 3. The highest BCUT2D eigenvalue weighted by Crippen LogP contribution is 2.39. The second-order valence-electron chi connectivity index (χ2n) is 7.14. The number of anilines is 1. The Hall–Kier alpha value is -2.63. The number of H-pyrrole nitrogens is 2. The topological polar surface area (TPSA) is 86.5 Å². The summed E-state index contributed by atoms with van der Waals surface area (Å²) >= 11 is 0. The van der Waals surface area contributed by atoms with Gasteiger partial charge < -0.3 is 10.3 Å². The summed E-state index contributed by atoms with van der Waals surface area (Å²) in [6.07, 6.45) is 2.54. The average Bonchev–Trinajstić information content (AvgIpc) is 3.11. The number of carbonyl (C=O) groups excluding carboxylic acids is 1.